The van der Waals surface area contributed by atoms with Gasteiger partial charge in [-0.15, -0.1) is 0 Å². The number of hydrogen-bond donors (Lipinski definition) is 2. The third-order valence-corrected chi connectivity index (χ3v) is 7.73. The van der Waals surface area contributed by atoms with Crippen molar-refractivity contribution in [1.82, 2.24) is 4.90 Å². The number of aryl methyl sites for hydroxylation is 1. The number of aliphatic hydroxyl groups excluding tert-OH is 1. The summed E-state index contributed by atoms with van der Waals surface area (Å²) in [5, 5.41) is 27.3. The number of fused-ring (bicyclic) bond motifs is 1. The van der Waals surface area contributed by atoms with E-state index in [1.807, 2.05) is 27.0 Å². The smallest absolute Gasteiger partial charge is 0.489 e. The van der Waals surface area contributed by atoms with Crippen molar-refractivity contribution in [2.45, 2.75) is 90.1 Å². The predicted molar refractivity (Wildman–Crippen MR) is 159 cm³/mol. The van der Waals surface area contributed by atoms with E-state index in [1.54, 1.807) is 12.1 Å². The Balaban J connectivity index is 0.000000860. The Bertz CT molecular complexity index is 1230. The molecule has 1 unspecified atom stereocenters. The summed E-state index contributed by atoms with van der Waals surface area (Å²) in [5.74, 6) is -1.90. The zero-order valence-corrected chi connectivity index (χ0v) is 25.8. The molecule has 1 aliphatic rings. The van der Waals surface area contributed by atoms with E-state index in [0.29, 0.717) is 36.2 Å². The molecule has 0 saturated carbocycles. The summed E-state index contributed by atoms with van der Waals surface area (Å²) >= 11 is 0. The van der Waals surface area contributed by atoms with E-state index in [9.17, 15) is 28.3 Å². The zero-order valence-electron chi connectivity index (χ0n) is 25.8. The van der Waals surface area contributed by atoms with Crippen LogP contribution in [0.1, 0.15) is 68.7 Å². The van der Waals surface area contributed by atoms with Crippen molar-refractivity contribution in [3.8, 4) is 11.8 Å². The highest BCUT2D eigenvalue weighted by Crippen LogP contribution is 2.30. The van der Waals surface area contributed by atoms with Gasteiger partial charge >= 0.3 is 18.1 Å². The third kappa shape index (κ3) is 12.2. The number of alkyl halides is 3. The second-order valence-corrected chi connectivity index (χ2v) is 11.2. The van der Waals surface area contributed by atoms with E-state index in [-0.39, 0.29) is 25.1 Å². The molecule has 2 aromatic rings. The molecule has 0 spiro atoms. The van der Waals surface area contributed by atoms with Gasteiger partial charge in [-0.3, -0.25) is 4.79 Å². The van der Waals surface area contributed by atoms with Gasteiger partial charge in [0.2, 0.25) is 0 Å². The molecule has 2 N–H and O–H groups in total. The molecule has 0 saturated heterocycles. The van der Waals surface area contributed by atoms with Gasteiger partial charge in [0.05, 0.1) is 5.56 Å². The Kier molecular flexibility index (Phi) is 14.6. The van der Waals surface area contributed by atoms with Crippen LogP contribution in [0.5, 0.6) is 5.75 Å². The molecule has 3 rings (SSSR count). The maximum atomic E-state index is 12.1. The SMILES string of the molecule is CCC(CC)OC(=O)CCc1ccc(C#N)c(OC[C@H](O)CN(C)C(C)CC2Cc3ccccc3C2)c1.O=C(O)C(F)(F)F. The normalized spacial score (nSPS) is 14.3. The molecule has 0 aromatic heterocycles. The molecule has 2 aromatic carbocycles. The van der Waals surface area contributed by atoms with Gasteiger partial charge in [0, 0.05) is 19.0 Å². The van der Waals surface area contributed by atoms with E-state index in [1.165, 1.54) is 11.1 Å². The standard InChI is InChI=1S/C31H42N2O4.C2HF3O2/c1-5-29(6-2)37-31(35)14-12-23-11-13-27(19-32)30(18-23)36-21-28(34)20-33(4)22(3)15-24-16-25-9-7-8-10-26(25)17-24;3-2(4,5)1(6)7/h7-11,13,18,22,24,28-29,34H,5-6,12,14-17,20-21H2,1-4H3;(H,6,7)/t22?,28-;/m1./s1. The van der Waals surface area contributed by atoms with Crippen LogP contribution in [0.25, 0.3) is 0 Å². The van der Waals surface area contributed by atoms with Crippen LogP contribution >= 0.6 is 0 Å². The number of carboxylic acids is 1. The monoisotopic (exact) mass is 620 g/mol. The molecule has 44 heavy (non-hydrogen) atoms. The first kappa shape index (κ1) is 36.6. The lowest BCUT2D eigenvalue weighted by Gasteiger charge is -2.29. The summed E-state index contributed by atoms with van der Waals surface area (Å²) in [4.78, 5) is 23.2. The summed E-state index contributed by atoms with van der Waals surface area (Å²) in [6.07, 6.45) is -0.0638. The van der Waals surface area contributed by atoms with Gasteiger partial charge in [0.25, 0.3) is 0 Å². The van der Waals surface area contributed by atoms with Crippen LogP contribution in [0.2, 0.25) is 0 Å². The highest BCUT2D eigenvalue weighted by atomic mass is 19.4. The number of carboxylic acid groups (broad SMARTS) is 1. The maximum absolute atomic E-state index is 12.1. The highest BCUT2D eigenvalue weighted by Gasteiger charge is 2.38. The fraction of sp³-hybridized carbons (Fsp3) is 0.545. The molecule has 0 aliphatic heterocycles. The summed E-state index contributed by atoms with van der Waals surface area (Å²) in [6.45, 7) is 6.81. The molecule has 0 amide bonds. The van der Waals surface area contributed by atoms with Crippen molar-refractivity contribution >= 4 is 11.9 Å². The van der Waals surface area contributed by atoms with Crippen LogP contribution < -0.4 is 4.74 Å². The molecule has 0 heterocycles. The van der Waals surface area contributed by atoms with Crippen molar-refractivity contribution in [2.75, 3.05) is 20.2 Å². The number of hydrogen-bond acceptors (Lipinski definition) is 7. The average molecular weight is 621 g/mol. The number of halogens is 3. The lowest BCUT2D eigenvalue weighted by molar-refractivity contribution is -0.192. The maximum Gasteiger partial charge on any atom is 0.490 e. The average Bonchev–Trinajstić information content (AvgIpc) is 3.39. The quantitative estimate of drug-likeness (QED) is 0.258. The van der Waals surface area contributed by atoms with Crippen LogP contribution in [0.15, 0.2) is 42.5 Å². The number of nitriles is 1. The van der Waals surface area contributed by atoms with E-state index >= 15 is 0 Å². The van der Waals surface area contributed by atoms with E-state index in [4.69, 9.17) is 19.4 Å². The molecule has 2 atom stereocenters. The van der Waals surface area contributed by atoms with Crippen LogP contribution in [0, 0.1) is 17.2 Å². The molecule has 0 bridgehead atoms. The summed E-state index contributed by atoms with van der Waals surface area (Å²) in [6, 6.07) is 16.5. The first-order chi connectivity index (χ1) is 20.8. The van der Waals surface area contributed by atoms with Crippen LogP contribution in [-0.4, -0.2) is 71.7 Å². The Morgan fingerprint density at radius 1 is 1.11 bits per heavy atom. The number of rotatable bonds is 14. The van der Waals surface area contributed by atoms with E-state index < -0.39 is 18.2 Å². The van der Waals surface area contributed by atoms with Crippen LogP contribution in [0.4, 0.5) is 13.2 Å². The molecular formula is C33H43F3N2O6. The number of carbonyl (C=O) groups excluding carboxylic acids is 1. The number of aliphatic carboxylic acids is 1. The second-order valence-electron chi connectivity index (χ2n) is 11.2. The van der Waals surface area contributed by atoms with Gasteiger partial charge in [-0.05, 0) is 87.2 Å². The lowest BCUT2D eigenvalue weighted by Crippen LogP contribution is -2.39. The number of benzene rings is 2. The number of ether oxygens (including phenoxy) is 2. The fourth-order valence-corrected chi connectivity index (χ4v) is 5.11. The van der Waals surface area contributed by atoms with Crippen LogP contribution in [-0.2, 0) is 33.6 Å². The fourth-order valence-electron chi connectivity index (χ4n) is 5.11. The Hall–Kier alpha value is -3.62. The summed E-state index contributed by atoms with van der Waals surface area (Å²) < 4.78 is 43.1. The Morgan fingerprint density at radius 2 is 1.70 bits per heavy atom. The topological polar surface area (TPSA) is 120 Å². The van der Waals surface area contributed by atoms with Crippen molar-refractivity contribution in [1.29, 1.82) is 5.26 Å². The van der Waals surface area contributed by atoms with Gasteiger partial charge in [0.1, 0.15) is 30.6 Å². The first-order valence-electron chi connectivity index (χ1n) is 14.9. The van der Waals surface area contributed by atoms with Crippen LogP contribution in [0.3, 0.4) is 0 Å². The largest absolute Gasteiger partial charge is 0.490 e. The first-order valence-corrected chi connectivity index (χ1v) is 14.9. The number of esters is 1. The molecule has 0 fully saturated rings. The number of carbonyl (C=O) groups is 2. The van der Waals surface area contributed by atoms with Gasteiger partial charge < -0.3 is 24.6 Å². The molecule has 8 nitrogen and oxygen atoms in total. The minimum absolute atomic E-state index is 0.0378. The van der Waals surface area contributed by atoms with Gasteiger partial charge in [0.15, 0.2) is 0 Å². The van der Waals surface area contributed by atoms with Crippen molar-refractivity contribution in [3.63, 3.8) is 0 Å². The molecule has 11 heteroatoms. The van der Waals surface area contributed by atoms with Crippen molar-refractivity contribution in [2.24, 2.45) is 5.92 Å². The minimum atomic E-state index is -5.08. The summed E-state index contributed by atoms with van der Waals surface area (Å²) in [7, 11) is 2.04. The van der Waals surface area contributed by atoms with Gasteiger partial charge in [-0.2, -0.15) is 18.4 Å². The van der Waals surface area contributed by atoms with E-state index in [0.717, 1.165) is 37.7 Å². The molecular weight excluding hydrogens is 577 g/mol. The molecule has 242 valence electrons. The highest BCUT2D eigenvalue weighted by molar-refractivity contribution is 5.73. The predicted octanol–water partition coefficient (Wildman–Crippen LogP) is 5.72. The third-order valence-electron chi connectivity index (χ3n) is 7.73. The van der Waals surface area contributed by atoms with Gasteiger partial charge in [-0.25, -0.2) is 4.79 Å². The summed E-state index contributed by atoms with van der Waals surface area (Å²) in [5.41, 5.74) is 4.25. The number of aliphatic hydroxyl groups is 1. The number of likely N-dealkylation sites (N-methyl/N-ethyl adjacent to an activating group) is 1. The molecule has 0 radical (unpaired) electrons. The number of nitrogens with zero attached hydrogens (tertiary/aromatic N) is 2. The molecule has 1 aliphatic carbocycles. The zero-order chi connectivity index (χ0) is 32.9. The Labute approximate surface area is 257 Å². The Morgan fingerprint density at radius 3 is 2.23 bits per heavy atom. The minimum Gasteiger partial charge on any atom is -0.489 e. The second kappa shape index (κ2) is 17.6. The van der Waals surface area contributed by atoms with Crippen molar-refractivity contribution in [3.05, 3.63) is 64.7 Å². The van der Waals surface area contributed by atoms with E-state index in [2.05, 4.69) is 42.2 Å². The van der Waals surface area contributed by atoms with Gasteiger partial charge in [-0.1, -0.05) is 44.2 Å². The van der Waals surface area contributed by atoms with Crippen molar-refractivity contribution < 1.29 is 42.4 Å². The lowest BCUT2D eigenvalue weighted by atomic mass is 9.97.